The van der Waals surface area contributed by atoms with Crippen LogP contribution in [0.25, 0.3) is 33.4 Å². The normalized spacial score (nSPS) is 13.0. The molecule has 8 rings (SSSR count). The van der Waals surface area contributed by atoms with Crippen molar-refractivity contribution in [2.75, 3.05) is 0 Å². The van der Waals surface area contributed by atoms with E-state index in [0.717, 1.165) is 6.42 Å². The summed E-state index contributed by atoms with van der Waals surface area (Å²) in [6.45, 7) is 14.0. The minimum absolute atomic E-state index is 0. The maximum absolute atomic E-state index is 3.83. The molecule has 0 radical (unpaired) electrons. The van der Waals surface area contributed by atoms with Crippen molar-refractivity contribution in [3.05, 3.63) is 200 Å². The molecule has 0 aliphatic heterocycles. The first-order valence-corrected chi connectivity index (χ1v) is 24.7. The smallest absolute Gasteiger partial charge is 1.00 e. The van der Waals surface area contributed by atoms with E-state index in [0.29, 0.717) is 3.63 Å². The van der Waals surface area contributed by atoms with Crippen molar-refractivity contribution in [3.63, 3.8) is 0 Å². The fraction of sp³-hybridized carbons (Fsp3) is 0.192. The number of halogens is 2. The predicted molar refractivity (Wildman–Crippen MR) is 227 cm³/mol. The molecule has 0 amide bonds. The summed E-state index contributed by atoms with van der Waals surface area (Å²) in [6.07, 6.45) is 8.17. The summed E-state index contributed by atoms with van der Waals surface area (Å²) in [5, 5.41) is 0. The van der Waals surface area contributed by atoms with Gasteiger partial charge in [-0.05, 0) is 0 Å². The standard InChI is InChI=1S/C21H25.2C13H10.C5H5.2ClH.Zr/c1-20(2,3)16-9-7-14-11-15-8-10-17(21(4,5)6)13-19(15)18(14)12-16;2*1-11-7-9-13(10-8-11)12-5-3-2-4-6-12;1-2-4-5-3-1;;;/h7-13H,1-6H3;2*1-10H;1-3H,4H2;2*1H;/q;;;;;;+2/p-2. The van der Waals surface area contributed by atoms with Gasteiger partial charge < -0.3 is 24.8 Å². The van der Waals surface area contributed by atoms with Crippen molar-refractivity contribution in [2.45, 2.75) is 62.4 Å². The van der Waals surface area contributed by atoms with Gasteiger partial charge in [-0.15, -0.1) is 0 Å². The first-order chi connectivity index (χ1) is 25.5. The molecule has 0 saturated carbocycles. The summed E-state index contributed by atoms with van der Waals surface area (Å²) in [4.78, 5) is 0. The van der Waals surface area contributed by atoms with Gasteiger partial charge in [0.1, 0.15) is 0 Å². The van der Waals surface area contributed by atoms with Crippen LogP contribution in [0.2, 0.25) is 0 Å². The molecule has 0 bridgehead atoms. The molecule has 0 unspecified atom stereocenters. The molecule has 0 heterocycles. The van der Waals surface area contributed by atoms with Crippen LogP contribution in [0.4, 0.5) is 0 Å². The molecule has 2 aliphatic carbocycles. The van der Waals surface area contributed by atoms with Crippen molar-refractivity contribution < 1.29 is 44.1 Å². The van der Waals surface area contributed by atoms with E-state index in [-0.39, 0.29) is 35.6 Å². The van der Waals surface area contributed by atoms with Crippen molar-refractivity contribution in [2.24, 2.45) is 0 Å². The van der Waals surface area contributed by atoms with Crippen LogP contribution in [-0.2, 0) is 30.1 Å². The summed E-state index contributed by atoms with van der Waals surface area (Å²) in [5.41, 5.74) is 16.4. The number of hydrogen-bond donors (Lipinski definition) is 0. The van der Waals surface area contributed by atoms with Gasteiger partial charge in [0, 0.05) is 0 Å². The van der Waals surface area contributed by atoms with Gasteiger partial charge in [-0.2, -0.15) is 0 Å². The van der Waals surface area contributed by atoms with Gasteiger partial charge >= 0.3 is 323 Å². The van der Waals surface area contributed by atoms with Crippen LogP contribution < -0.4 is 24.8 Å². The van der Waals surface area contributed by atoms with E-state index in [1.54, 1.807) is 3.28 Å². The Balaban J connectivity index is 0.00000257. The molecule has 0 fully saturated rings. The van der Waals surface area contributed by atoms with Crippen LogP contribution in [0.1, 0.15) is 85.0 Å². The van der Waals surface area contributed by atoms with Crippen molar-refractivity contribution in [1.29, 1.82) is 0 Å². The van der Waals surface area contributed by atoms with E-state index in [2.05, 4.69) is 213 Å². The van der Waals surface area contributed by atoms with Crippen molar-refractivity contribution in [3.8, 4) is 33.4 Å². The van der Waals surface area contributed by atoms with Gasteiger partial charge in [0.05, 0.1) is 0 Å². The fourth-order valence-corrected chi connectivity index (χ4v) is 20.8. The molecule has 6 aromatic carbocycles. The van der Waals surface area contributed by atoms with Crippen LogP contribution in [0.5, 0.6) is 0 Å². The first kappa shape index (κ1) is 40.7. The van der Waals surface area contributed by atoms with E-state index in [1.807, 2.05) is 0 Å². The number of benzene rings is 6. The maximum Gasteiger partial charge on any atom is -1.00 e. The summed E-state index contributed by atoms with van der Waals surface area (Å²) in [6, 6.07) is 55.1. The third-order valence-electron chi connectivity index (χ3n) is 11.4. The van der Waals surface area contributed by atoms with Crippen LogP contribution in [0.3, 0.4) is 0 Å². The van der Waals surface area contributed by atoms with Gasteiger partial charge in [0.15, 0.2) is 0 Å². The predicted octanol–water partition coefficient (Wildman–Crippen LogP) is 7.39. The van der Waals surface area contributed by atoms with Gasteiger partial charge in [0.2, 0.25) is 0 Å². The third kappa shape index (κ3) is 8.14. The molecule has 0 aromatic heterocycles. The minimum Gasteiger partial charge on any atom is -1.00 e. The Morgan fingerprint density at radius 3 is 1.25 bits per heavy atom. The van der Waals surface area contributed by atoms with Crippen LogP contribution in [-0.4, -0.2) is 7.42 Å². The summed E-state index contributed by atoms with van der Waals surface area (Å²) < 4.78 is 7.49. The van der Waals surface area contributed by atoms with Crippen molar-refractivity contribution >= 4 is 7.42 Å². The molecule has 6 aromatic rings. The van der Waals surface area contributed by atoms with Gasteiger partial charge in [-0.25, -0.2) is 0 Å². The van der Waals surface area contributed by atoms with Gasteiger partial charge in [0.25, 0.3) is 0 Å². The monoisotopic (exact) mass is 834 g/mol. The zero-order valence-electron chi connectivity index (χ0n) is 32.8. The third-order valence-corrected chi connectivity index (χ3v) is 22.9. The largest absolute Gasteiger partial charge is 1.00 e. The maximum atomic E-state index is 2.78. The second kappa shape index (κ2) is 16.2. The summed E-state index contributed by atoms with van der Waals surface area (Å²) >= 11 is -3.83. The number of rotatable bonds is 6. The molecule has 55 heavy (non-hydrogen) atoms. The SMILES string of the molecule is CC(C)(C)c1ccc2c(c1)-c1cc(C(C)(C)C)ccc1[CH]2[Zr+2](=[CH]c1ccc(-c2ccccc2)cc1)(=[CH]c1ccc(-c2ccccc2)cc1)[C]1=CC=CC1.[Cl-].[Cl-]. The number of fused-ring (bicyclic) bond motifs is 3. The Morgan fingerprint density at radius 2 is 0.891 bits per heavy atom. The molecule has 276 valence electrons. The minimum atomic E-state index is -3.83. The van der Waals surface area contributed by atoms with E-state index in [9.17, 15) is 0 Å². The Bertz CT molecular complexity index is 2320. The molecule has 0 N–H and O–H groups in total. The molecular formula is C52H50Cl2Zr. The first-order valence-electron chi connectivity index (χ1n) is 19.2. The van der Waals surface area contributed by atoms with Gasteiger partial charge in [-0.1, -0.05) is 0 Å². The number of hydrogen-bond acceptors (Lipinski definition) is 0. The molecule has 0 spiro atoms. The van der Waals surface area contributed by atoms with Crippen LogP contribution >= 0.6 is 0 Å². The summed E-state index contributed by atoms with van der Waals surface area (Å²) in [5.74, 6) is 0. The van der Waals surface area contributed by atoms with E-state index in [4.69, 9.17) is 0 Å². The van der Waals surface area contributed by atoms with Crippen LogP contribution in [0, 0.1) is 0 Å². The average molecular weight is 837 g/mol. The fourth-order valence-electron chi connectivity index (χ4n) is 8.40. The molecule has 3 heteroatoms. The Kier molecular flexibility index (Phi) is 12.0. The second-order valence-corrected chi connectivity index (χ2v) is 26.1. The average Bonchev–Trinajstić information content (AvgIpc) is 3.83. The van der Waals surface area contributed by atoms with Crippen molar-refractivity contribution in [1.82, 2.24) is 0 Å². The van der Waals surface area contributed by atoms with Gasteiger partial charge in [-0.3, -0.25) is 0 Å². The molecule has 0 saturated heterocycles. The Morgan fingerprint density at radius 1 is 0.491 bits per heavy atom. The Hall–Kier alpha value is -4.00. The molecular weight excluding hydrogens is 787 g/mol. The van der Waals surface area contributed by atoms with E-state index < -0.39 is 19.3 Å². The zero-order valence-corrected chi connectivity index (χ0v) is 36.8. The topological polar surface area (TPSA) is 0 Å². The Labute approximate surface area is 345 Å². The number of allylic oxidation sites excluding steroid dienone is 4. The summed E-state index contributed by atoms with van der Waals surface area (Å²) in [7, 11) is 0. The molecule has 0 atom stereocenters. The molecule has 0 nitrogen and oxygen atoms in total. The molecule has 2 aliphatic rings. The van der Waals surface area contributed by atoms with E-state index >= 15 is 0 Å². The van der Waals surface area contributed by atoms with E-state index in [1.165, 1.54) is 66.8 Å². The zero-order chi connectivity index (χ0) is 36.8. The second-order valence-electron chi connectivity index (χ2n) is 17.1. The van der Waals surface area contributed by atoms with Crippen LogP contribution in [0.15, 0.2) is 167 Å². The quantitative estimate of drug-likeness (QED) is 0.164.